The van der Waals surface area contributed by atoms with E-state index in [0.717, 1.165) is 71.5 Å². The molecule has 4 aromatic rings. The van der Waals surface area contributed by atoms with Gasteiger partial charge in [0.05, 0.1) is 12.6 Å². The topological polar surface area (TPSA) is 62.9 Å². The van der Waals surface area contributed by atoms with Gasteiger partial charge in [-0.05, 0) is 79.7 Å². The van der Waals surface area contributed by atoms with E-state index in [1.165, 1.54) is 5.56 Å². The second-order valence-electron chi connectivity index (χ2n) is 8.56. The second kappa shape index (κ2) is 8.29. The molecule has 0 saturated carbocycles. The summed E-state index contributed by atoms with van der Waals surface area (Å²) in [6.45, 7) is 5.41. The predicted molar refractivity (Wildman–Crippen MR) is 122 cm³/mol. The Hall–Kier alpha value is -2.96. The molecule has 1 aliphatic heterocycles. The first-order valence-electron chi connectivity index (χ1n) is 10.9. The Morgan fingerprint density at radius 2 is 1.97 bits per heavy atom. The Kier molecular flexibility index (Phi) is 5.34. The average molecular weight is 417 g/mol. The molecule has 31 heavy (non-hydrogen) atoms. The normalized spacial score (nSPS) is 15.7. The molecule has 2 aromatic heterocycles. The third kappa shape index (κ3) is 3.77. The number of fused-ring (bicyclic) bond motifs is 3. The molecule has 0 bridgehead atoms. The summed E-state index contributed by atoms with van der Waals surface area (Å²) in [6, 6.07) is 15.1. The van der Waals surface area contributed by atoms with Crippen LogP contribution in [0, 0.1) is 12.8 Å². The summed E-state index contributed by atoms with van der Waals surface area (Å²) in [5.41, 5.74) is 6.58. The molecule has 6 heteroatoms. The number of ether oxygens (including phenoxy) is 1. The summed E-state index contributed by atoms with van der Waals surface area (Å²) in [5.74, 6) is 1.33. The van der Waals surface area contributed by atoms with Crippen LogP contribution in [0.25, 0.3) is 27.7 Å². The van der Waals surface area contributed by atoms with Crippen LogP contribution < -0.4 is 4.74 Å². The van der Waals surface area contributed by atoms with E-state index in [0.29, 0.717) is 12.5 Å². The number of aryl methyl sites for hydroxylation is 1. The molecule has 0 radical (unpaired) electrons. The van der Waals surface area contributed by atoms with Gasteiger partial charge in [0.25, 0.3) is 0 Å². The zero-order chi connectivity index (χ0) is 21.4. The van der Waals surface area contributed by atoms with Crippen LogP contribution in [0.15, 0.2) is 48.8 Å². The van der Waals surface area contributed by atoms with Gasteiger partial charge >= 0.3 is 0 Å². The highest BCUT2D eigenvalue weighted by Crippen LogP contribution is 2.36. The Labute approximate surface area is 182 Å². The molecule has 6 nitrogen and oxygen atoms in total. The van der Waals surface area contributed by atoms with Crippen molar-refractivity contribution in [1.29, 1.82) is 0 Å². The molecule has 0 atom stereocenters. The van der Waals surface area contributed by atoms with Gasteiger partial charge in [-0.3, -0.25) is 9.30 Å². The number of piperidine rings is 1. The number of benzene rings is 2. The lowest BCUT2D eigenvalue weighted by atomic mass is 9.96. The van der Waals surface area contributed by atoms with Gasteiger partial charge in [0.1, 0.15) is 12.1 Å². The lowest BCUT2D eigenvalue weighted by Crippen LogP contribution is -2.34. The standard InChI is InChI=1S/C25H28N4O2/c1-17-10-25-27-26-16-29(25)23-12-22(24(31-2)13-21(17)23)20-5-3-4-19(11-20)14-28-8-6-18(15-30)7-9-28/h3-5,10-13,16,18,30H,6-9,14-15H2,1-2H3. The number of aliphatic hydroxyl groups is 1. The van der Waals surface area contributed by atoms with Crippen LogP contribution in [-0.2, 0) is 6.54 Å². The van der Waals surface area contributed by atoms with Crippen molar-refractivity contribution in [2.24, 2.45) is 5.92 Å². The van der Waals surface area contributed by atoms with Crippen molar-refractivity contribution >= 4 is 16.6 Å². The van der Waals surface area contributed by atoms with Gasteiger partial charge in [-0.15, -0.1) is 10.2 Å². The largest absolute Gasteiger partial charge is 0.496 e. The van der Waals surface area contributed by atoms with E-state index in [-0.39, 0.29) is 0 Å². The van der Waals surface area contributed by atoms with Crippen LogP contribution >= 0.6 is 0 Å². The molecule has 3 heterocycles. The maximum Gasteiger partial charge on any atom is 0.161 e. The zero-order valence-electron chi connectivity index (χ0n) is 18.1. The summed E-state index contributed by atoms with van der Waals surface area (Å²) in [4.78, 5) is 2.48. The summed E-state index contributed by atoms with van der Waals surface area (Å²) >= 11 is 0. The summed E-state index contributed by atoms with van der Waals surface area (Å²) in [7, 11) is 1.73. The maximum atomic E-state index is 9.38. The van der Waals surface area contributed by atoms with Crippen LogP contribution in [0.2, 0.25) is 0 Å². The maximum absolute atomic E-state index is 9.38. The molecule has 0 amide bonds. The van der Waals surface area contributed by atoms with Crippen molar-refractivity contribution in [2.45, 2.75) is 26.3 Å². The minimum Gasteiger partial charge on any atom is -0.496 e. The van der Waals surface area contributed by atoms with E-state index in [1.807, 2.05) is 4.40 Å². The van der Waals surface area contributed by atoms with Gasteiger partial charge in [-0.25, -0.2) is 0 Å². The number of hydrogen-bond donors (Lipinski definition) is 1. The first-order valence-corrected chi connectivity index (χ1v) is 10.9. The molecule has 0 spiro atoms. The quantitative estimate of drug-likeness (QED) is 0.531. The monoisotopic (exact) mass is 416 g/mol. The molecular weight excluding hydrogens is 388 g/mol. The average Bonchev–Trinajstić information content (AvgIpc) is 3.27. The number of methoxy groups -OCH3 is 1. The van der Waals surface area contributed by atoms with E-state index < -0.39 is 0 Å². The fourth-order valence-corrected chi connectivity index (χ4v) is 4.70. The first kappa shape index (κ1) is 20.0. The van der Waals surface area contributed by atoms with E-state index >= 15 is 0 Å². The van der Waals surface area contributed by atoms with Gasteiger partial charge < -0.3 is 9.84 Å². The number of nitrogens with zero attached hydrogens (tertiary/aromatic N) is 4. The molecule has 1 fully saturated rings. The van der Waals surface area contributed by atoms with Crippen molar-refractivity contribution in [3.63, 3.8) is 0 Å². The predicted octanol–water partition coefficient (Wildman–Crippen LogP) is 4.07. The lowest BCUT2D eigenvalue weighted by molar-refractivity contribution is 0.127. The zero-order valence-corrected chi connectivity index (χ0v) is 18.1. The van der Waals surface area contributed by atoms with Gasteiger partial charge in [0, 0.05) is 24.1 Å². The molecule has 1 N–H and O–H groups in total. The van der Waals surface area contributed by atoms with E-state index in [9.17, 15) is 5.11 Å². The van der Waals surface area contributed by atoms with Crippen molar-refractivity contribution in [3.05, 3.63) is 59.9 Å². The van der Waals surface area contributed by atoms with Gasteiger partial charge in [-0.1, -0.05) is 18.2 Å². The number of hydrogen-bond acceptors (Lipinski definition) is 5. The van der Waals surface area contributed by atoms with E-state index in [1.54, 1.807) is 13.4 Å². The Morgan fingerprint density at radius 1 is 1.13 bits per heavy atom. The van der Waals surface area contributed by atoms with Crippen LogP contribution in [0.4, 0.5) is 0 Å². The van der Waals surface area contributed by atoms with Crippen LogP contribution in [0.1, 0.15) is 24.0 Å². The first-order chi connectivity index (χ1) is 15.2. The fourth-order valence-electron chi connectivity index (χ4n) is 4.70. The Balaban J connectivity index is 1.52. The van der Waals surface area contributed by atoms with E-state index in [2.05, 4.69) is 64.5 Å². The highest BCUT2D eigenvalue weighted by atomic mass is 16.5. The van der Waals surface area contributed by atoms with E-state index in [4.69, 9.17) is 4.74 Å². The molecular formula is C25H28N4O2. The van der Waals surface area contributed by atoms with Crippen LogP contribution in [0.3, 0.4) is 0 Å². The Morgan fingerprint density at radius 3 is 2.74 bits per heavy atom. The lowest BCUT2D eigenvalue weighted by Gasteiger charge is -2.31. The van der Waals surface area contributed by atoms with Crippen LogP contribution in [-0.4, -0.2) is 51.4 Å². The van der Waals surface area contributed by atoms with Gasteiger partial charge in [-0.2, -0.15) is 0 Å². The number of aromatic nitrogens is 3. The van der Waals surface area contributed by atoms with Crippen molar-refractivity contribution in [3.8, 4) is 16.9 Å². The molecule has 160 valence electrons. The highest BCUT2D eigenvalue weighted by molar-refractivity contribution is 5.92. The summed E-state index contributed by atoms with van der Waals surface area (Å²) in [5, 5.41) is 18.8. The molecule has 1 saturated heterocycles. The molecule has 5 rings (SSSR count). The van der Waals surface area contributed by atoms with Crippen LogP contribution in [0.5, 0.6) is 5.75 Å². The summed E-state index contributed by atoms with van der Waals surface area (Å²) < 4.78 is 7.82. The summed E-state index contributed by atoms with van der Waals surface area (Å²) in [6.07, 6.45) is 3.91. The highest BCUT2D eigenvalue weighted by Gasteiger charge is 2.19. The Bertz CT molecular complexity index is 1230. The van der Waals surface area contributed by atoms with Crippen molar-refractivity contribution in [2.75, 3.05) is 26.8 Å². The number of pyridine rings is 1. The number of rotatable bonds is 5. The third-order valence-electron chi connectivity index (χ3n) is 6.53. The SMILES string of the molecule is COc1cc2c(C)cc3nncn3c2cc1-c1cccc(CN2CCC(CO)CC2)c1. The third-order valence-corrected chi connectivity index (χ3v) is 6.53. The molecule has 1 aliphatic rings. The minimum absolute atomic E-state index is 0.310. The van der Waals surface area contributed by atoms with Crippen molar-refractivity contribution < 1.29 is 9.84 Å². The van der Waals surface area contributed by atoms with Crippen molar-refractivity contribution in [1.82, 2.24) is 19.5 Å². The fraction of sp³-hybridized carbons (Fsp3) is 0.360. The molecule has 0 aliphatic carbocycles. The van der Waals surface area contributed by atoms with Gasteiger partial charge in [0.15, 0.2) is 5.65 Å². The second-order valence-corrected chi connectivity index (χ2v) is 8.56. The van der Waals surface area contributed by atoms with Gasteiger partial charge in [0.2, 0.25) is 0 Å². The number of aliphatic hydroxyl groups excluding tert-OH is 1. The smallest absolute Gasteiger partial charge is 0.161 e. The molecule has 0 unspecified atom stereocenters. The number of likely N-dealkylation sites (tertiary alicyclic amines) is 1. The minimum atomic E-state index is 0.310. The molecule has 2 aromatic carbocycles.